The summed E-state index contributed by atoms with van der Waals surface area (Å²) in [7, 11) is 0. The molecule has 0 fully saturated rings. The number of thioether (sulfide) groups is 4. The summed E-state index contributed by atoms with van der Waals surface area (Å²) in [5.41, 5.74) is -21.4. The van der Waals surface area contributed by atoms with Gasteiger partial charge in [-0.05, 0) is 23.5 Å². The van der Waals surface area contributed by atoms with Crippen molar-refractivity contribution in [2.75, 3.05) is 0 Å². The molecule has 0 aliphatic carbocycles. The summed E-state index contributed by atoms with van der Waals surface area (Å²) in [6.07, 6.45) is 0.914. The topological polar surface area (TPSA) is 17.8 Å². The molecule has 0 amide bonds. The minimum absolute atomic E-state index is 0.00310. The average molecular weight is 550 g/mol. The van der Waals surface area contributed by atoms with Crippen LogP contribution in [0, 0.1) is 0 Å². The van der Waals surface area contributed by atoms with Crippen LogP contribution < -0.4 is 0 Å². The second-order valence-electron chi connectivity index (χ2n) is 4.61. The summed E-state index contributed by atoms with van der Waals surface area (Å²) < 4.78 is 155. The molecule has 0 spiro atoms. The molecular weight excluding hydrogens is 548 g/mol. The van der Waals surface area contributed by atoms with E-state index in [-0.39, 0.29) is 4.57 Å². The summed E-state index contributed by atoms with van der Waals surface area (Å²) in [5.74, 6) is 0. The second kappa shape index (κ2) is 8.78. The van der Waals surface area contributed by atoms with Crippen molar-refractivity contribution in [3.63, 3.8) is 0 Å². The number of hydrogen-bond donors (Lipinski definition) is 0. The predicted molar refractivity (Wildman–Crippen MR) is 89.1 cm³/mol. The first kappa shape index (κ1) is 25.7. The van der Waals surface area contributed by atoms with Crippen LogP contribution in [0.1, 0.15) is 0 Å². The molecule has 30 heavy (non-hydrogen) atoms. The van der Waals surface area contributed by atoms with E-state index >= 15 is 0 Å². The molecule has 2 aromatic heterocycles. The molecule has 2 aromatic rings. The van der Waals surface area contributed by atoms with Crippen molar-refractivity contribution in [3.05, 3.63) is 11.6 Å². The second-order valence-corrected chi connectivity index (χ2v) is 9.74. The average Bonchev–Trinajstić information content (AvgIpc) is 3.05. The van der Waals surface area contributed by atoms with Gasteiger partial charge < -0.3 is 0 Å². The third-order valence-corrected chi connectivity index (χ3v) is 6.91. The zero-order valence-electron chi connectivity index (χ0n) is 13.1. The number of halogens is 12. The lowest BCUT2D eigenvalue weighted by molar-refractivity contribution is -0.0354. The third-order valence-electron chi connectivity index (χ3n) is 2.47. The maximum atomic E-state index is 13.0. The Morgan fingerprint density at radius 2 is 1.00 bits per heavy atom. The van der Waals surface area contributed by atoms with E-state index in [0.29, 0.717) is 11.3 Å². The highest BCUT2D eigenvalue weighted by Gasteiger charge is 2.46. The van der Waals surface area contributed by atoms with Gasteiger partial charge in [-0.1, -0.05) is 0 Å². The molecule has 0 saturated heterocycles. The fraction of sp³-hybridized carbons (Fsp3) is 0.364. The van der Waals surface area contributed by atoms with Gasteiger partial charge in [0.05, 0.1) is 9.79 Å². The highest BCUT2D eigenvalue weighted by atomic mass is 32.2. The number of rotatable bonds is 5. The Hall–Kier alpha value is -0.530. The summed E-state index contributed by atoms with van der Waals surface area (Å²) in [6.45, 7) is 0. The van der Waals surface area contributed by atoms with Crippen LogP contribution in [-0.4, -0.2) is 31.6 Å². The van der Waals surface area contributed by atoms with Crippen LogP contribution >= 0.6 is 58.4 Å². The Bertz CT molecular complexity index is 808. The van der Waals surface area contributed by atoms with E-state index in [9.17, 15) is 52.7 Å². The fourth-order valence-electron chi connectivity index (χ4n) is 1.80. The van der Waals surface area contributed by atoms with Gasteiger partial charge in [0, 0.05) is 35.1 Å². The first-order valence-electron chi connectivity index (χ1n) is 6.58. The quantitative estimate of drug-likeness (QED) is 0.274. The van der Waals surface area contributed by atoms with Gasteiger partial charge >= 0.3 is 22.0 Å². The Morgan fingerprint density at radius 1 is 0.633 bits per heavy atom. The van der Waals surface area contributed by atoms with E-state index in [1.54, 1.807) is 0 Å². The molecule has 170 valence electrons. The van der Waals surface area contributed by atoms with Gasteiger partial charge in [0.1, 0.15) is 10.1 Å². The highest BCUT2D eigenvalue weighted by molar-refractivity contribution is 8.05. The SMILES string of the molecule is FC(F)(F)Sc1c(SC(F)(F)F)c(SC(F)(F)F)n(-c2nccs2)c1SC(F)(F)F. The minimum atomic E-state index is -5.39. The molecule has 0 unspecified atom stereocenters. The molecular formula is C11H2F12N2S5. The lowest BCUT2D eigenvalue weighted by Gasteiger charge is -2.13. The lowest BCUT2D eigenvalue weighted by Crippen LogP contribution is -2.08. The lowest BCUT2D eigenvalue weighted by atomic mass is 10.6. The van der Waals surface area contributed by atoms with E-state index in [1.165, 1.54) is 0 Å². The van der Waals surface area contributed by atoms with E-state index in [0.717, 1.165) is 11.6 Å². The number of alkyl halides is 12. The Labute approximate surface area is 179 Å². The van der Waals surface area contributed by atoms with Crippen molar-refractivity contribution in [2.45, 2.75) is 41.9 Å². The standard InChI is InChI=1S/C11H2F12N2S5/c12-8(13,14)27-3-4(28-9(15,16)17)6(30-11(21,22)23)25(7-24-1-2-26-7)5(3)29-10(18,19)20/h1-2H. The van der Waals surface area contributed by atoms with E-state index in [4.69, 9.17) is 0 Å². The molecule has 0 radical (unpaired) electrons. The maximum absolute atomic E-state index is 13.0. The van der Waals surface area contributed by atoms with Gasteiger partial charge in [0.2, 0.25) is 0 Å². The van der Waals surface area contributed by atoms with Crippen LogP contribution in [0.2, 0.25) is 0 Å². The van der Waals surface area contributed by atoms with Gasteiger partial charge in [0.15, 0.2) is 5.13 Å². The number of hydrogen-bond acceptors (Lipinski definition) is 6. The van der Waals surface area contributed by atoms with Crippen LogP contribution in [0.3, 0.4) is 0 Å². The predicted octanol–water partition coefficient (Wildman–Crippen LogP) is 8.38. The van der Waals surface area contributed by atoms with Gasteiger partial charge in [-0.15, -0.1) is 11.3 Å². The smallest absolute Gasteiger partial charge is 0.272 e. The molecule has 0 N–H and O–H groups in total. The zero-order valence-corrected chi connectivity index (χ0v) is 17.2. The molecule has 0 atom stereocenters. The van der Waals surface area contributed by atoms with Crippen LogP contribution in [0.5, 0.6) is 0 Å². The number of nitrogens with zero attached hydrogens (tertiary/aromatic N) is 2. The molecule has 19 heteroatoms. The molecule has 2 rings (SSSR count). The first-order chi connectivity index (χ1) is 13.4. The van der Waals surface area contributed by atoms with Crippen LogP contribution in [-0.2, 0) is 0 Å². The molecule has 0 saturated carbocycles. The van der Waals surface area contributed by atoms with E-state index < -0.39 is 94.1 Å². The summed E-state index contributed by atoms with van der Waals surface area (Å²) in [6, 6.07) is 0. The maximum Gasteiger partial charge on any atom is 0.447 e. The summed E-state index contributed by atoms with van der Waals surface area (Å²) >= 11 is -4.87. The van der Waals surface area contributed by atoms with Crippen LogP contribution in [0.25, 0.3) is 5.13 Å². The minimum Gasteiger partial charge on any atom is -0.272 e. The third kappa shape index (κ3) is 7.56. The molecule has 0 bridgehead atoms. The van der Waals surface area contributed by atoms with Crippen LogP contribution in [0.4, 0.5) is 52.7 Å². The molecule has 0 aliphatic heterocycles. The first-order valence-corrected chi connectivity index (χ1v) is 10.7. The highest BCUT2D eigenvalue weighted by Crippen LogP contribution is 2.58. The molecule has 0 aliphatic rings. The van der Waals surface area contributed by atoms with Crippen molar-refractivity contribution in [1.29, 1.82) is 0 Å². The fourth-order valence-corrected chi connectivity index (χ4v) is 6.07. The normalized spacial score (nSPS) is 13.9. The molecule has 0 aromatic carbocycles. The van der Waals surface area contributed by atoms with Gasteiger partial charge in [0.25, 0.3) is 0 Å². The largest absolute Gasteiger partial charge is 0.447 e. The summed E-state index contributed by atoms with van der Waals surface area (Å²) in [4.78, 5) is 0.138. The van der Waals surface area contributed by atoms with Gasteiger partial charge in [-0.3, -0.25) is 4.57 Å². The Morgan fingerprint density at radius 3 is 1.27 bits per heavy atom. The van der Waals surface area contributed by atoms with E-state index in [1.807, 2.05) is 0 Å². The summed E-state index contributed by atoms with van der Waals surface area (Å²) in [5, 5.41) is -2.63. The van der Waals surface area contributed by atoms with Crippen molar-refractivity contribution >= 4 is 58.4 Å². The Kier molecular flexibility index (Phi) is 7.53. The molecule has 2 nitrogen and oxygen atoms in total. The Balaban J connectivity index is 2.92. The number of thiazole rings is 1. The number of aromatic nitrogens is 2. The van der Waals surface area contributed by atoms with Gasteiger partial charge in [-0.25, -0.2) is 4.98 Å². The van der Waals surface area contributed by atoms with Crippen molar-refractivity contribution in [1.82, 2.24) is 9.55 Å². The van der Waals surface area contributed by atoms with Crippen LogP contribution in [0.15, 0.2) is 31.4 Å². The van der Waals surface area contributed by atoms with Crippen molar-refractivity contribution in [3.8, 4) is 5.13 Å². The van der Waals surface area contributed by atoms with Crippen molar-refractivity contribution < 1.29 is 52.7 Å². The molecule has 2 heterocycles. The van der Waals surface area contributed by atoms with Gasteiger partial charge in [-0.2, -0.15) is 52.7 Å². The van der Waals surface area contributed by atoms with E-state index in [2.05, 4.69) is 4.98 Å². The van der Waals surface area contributed by atoms with Crippen molar-refractivity contribution in [2.24, 2.45) is 0 Å². The monoisotopic (exact) mass is 550 g/mol. The zero-order chi connectivity index (χ0) is 23.1.